The highest BCUT2D eigenvalue weighted by Crippen LogP contribution is 2.25. The summed E-state index contributed by atoms with van der Waals surface area (Å²) in [7, 11) is 2.11. The molecule has 2 rings (SSSR count). The van der Waals surface area contributed by atoms with Crippen LogP contribution in [0.3, 0.4) is 0 Å². The van der Waals surface area contributed by atoms with Crippen LogP contribution in [0.1, 0.15) is 36.8 Å². The molecule has 0 amide bonds. The zero-order valence-electron chi connectivity index (χ0n) is 12.0. The first kappa shape index (κ1) is 15.0. The predicted molar refractivity (Wildman–Crippen MR) is 78.7 cm³/mol. The Kier molecular flexibility index (Phi) is 5.58. The van der Waals surface area contributed by atoms with Crippen molar-refractivity contribution < 1.29 is 9.50 Å². The number of hydrogen-bond donors (Lipinski definition) is 1. The minimum atomic E-state index is -0.326. The van der Waals surface area contributed by atoms with Crippen LogP contribution < -0.4 is 0 Å². The average Bonchev–Trinajstić information content (AvgIpc) is 2.92. The Morgan fingerprint density at radius 3 is 2.80 bits per heavy atom. The number of aliphatic hydroxyl groups is 1. The molecular formula is C17H22FNO. The van der Waals surface area contributed by atoms with Gasteiger partial charge < -0.3 is 10.0 Å². The number of halogens is 1. The van der Waals surface area contributed by atoms with Crippen molar-refractivity contribution in [1.82, 2.24) is 4.90 Å². The lowest BCUT2D eigenvalue weighted by Gasteiger charge is -2.20. The van der Waals surface area contributed by atoms with Crippen molar-refractivity contribution in [2.45, 2.75) is 32.2 Å². The molecule has 0 spiro atoms. The van der Waals surface area contributed by atoms with Gasteiger partial charge in [0, 0.05) is 13.1 Å². The number of hydrogen-bond acceptors (Lipinski definition) is 2. The summed E-state index contributed by atoms with van der Waals surface area (Å²) in [5.41, 5.74) is 1.43. The number of benzene rings is 1. The number of aliphatic hydroxyl groups excluding tert-OH is 1. The van der Waals surface area contributed by atoms with E-state index in [0.717, 1.165) is 24.6 Å². The van der Waals surface area contributed by atoms with Gasteiger partial charge in [0.2, 0.25) is 0 Å². The van der Waals surface area contributed by atoms with Gasteiger partial charge in [0.1, 0.15) is 12.4 Å². The fourth-order valence-electron chi connectivity index (χ4n) is 2.91. The average molecular weight is 275 g/mol. The molecular weight excluding hydrogens is 253 g/mol. The minimum absolute atomic E-state index is 0.245. The molecule has 1 aliphatic carbocycles. The van der Waals surface area contributed by atoms with Crippen LogP contribution in [0.2, 0.25) is 0 Å². The summed E-state index contributed by atoms with van der Waals surface area (Å²) in [5, 5.41) is 8.69. The van der Waals surface area contributed by atoms with Crippen LogP contribution in [0.25, 0.3) is 0 Å². The summed E-state index contributed by atoms with van der Waals surface area (Å²) in [6.45, 7) is 1.67. The Morgan fingerprint density at radius 2 is 2.10 bits per heavy atom. The molecule has 0 aromatic heterocycles. The quantitative estimate of drug-likeness (QED) is 0.854. The Hall–Kier alpha value is -1.37. The lowest BCUT2D eigenvalue weighted by Crippen LogP contribution is -2.24. The summed E-state index contributed by atoms with van der Waals surface area (Å²) < 4.78 is 13.6. The standard InChI is InChI=1S/C17H22FNO/c1-19(12-14-5-2-3-6-14)13-15-8-9-17(18)16(11-15)7-4-10-20/h8-9,11,14,20H,2-3,5-6,10,12-13H2,1H3. The van der Waals surface area contributed by atoms with E-state index in [2.05, 4.69) is 23.8 Å². The largest absolute Gasteiger partial charge is 0.384 e. The molecule has 108 valence electrons. The predicted octanol–water partition coefficient (Wildman–Crippen LogP) is 2.79. The maximum Gasteiger partial charge on any atom is 0.138 e. The maximum absolute atomic E-state index is 13.6. The van der Waals surface area contributed by atoms with Crippen molar-refractivity contribution in [3.8, 4) is 11.8 Å². The topological polar surface area (TPSA) is 23.5 Å². The summed E-state index contributed by atoms with van der Waals surface area (Å²) >= 11 is 0. The zero-order valence-corrected chi connectivity index (χ0v) is 12.0. The van der Waals surface area contributed by atoms with Crippen LogP contribution in [0.5, 0.6) is 0 Å². The minimum Gasteiger partial charge on any atom is -0.384 e. The van der Waals surface area contributed by atoms with Crippen molar-refractivity contribution in [3.05, 3.63) is 35.1 Å². The van der Waals surface area contributed by atoms with Gasteiger partial charge in [0.05, 0.1) is 5.56 Å². The lowest BCUT2D eigenvalue weighted by atomic mass is 10.1. The van der Waals surface area contributed by atoms with Gasteiger partial charge in [0.15, 0.2) is 0 Å². The fraction of sp³-hybridized carbons (Fsp3) is 0.529. The summed E-state index contributed by atoms with van der Waals surface area (Å²) in [5.74, 6) is 5.64. The van der Waals surface area contributed by atoms with Crippen LogP contribution >= 0.6 is 0 Å². The molecule has 0 unspecified atom stereocenters. The van der Waals surface area contributed by atoms with E-state index in [9.17, 15) is 4.39 Å². The Balaban J connectivity index is 1.97. The van der Waals surface area contributed by atoms with E-state index in [0.29, 0.717) is 5.56 Å². The monoisotopic (exact) mass is 275 g/mol. The fourth-order valence-corrected chi connectivity index (χ4v) is 2.91. The van der Waals surface area contributed by atoms with Crippen molar-refractivity contribution in [3.63, 3.8) is 0 Å². The van der Waals surface area contributed by atoms with Gasteiger partial charge in [-0.15, -0.1) is 0 Å². The molecule has 1 fully saturated rings. The second kappa shape index (κ2) is 7.42. The van der Waals surface area contributed by atoms with E-state index < -0.39 is 0 Å². The van der Waals surface area contributed by atoms with Crippen molar-refractivity contribution in [2.24, 2.45) is 5.92 Å². The third-order valence-corrected chi connectivity index (χ3v) is 3.83. The highest BCUT2D eigenvalue weighted by atomic mass is 19.1. The molecule has 1 saturated carbocycles. The first-order valence-electron chi connectivity index (χ1n) is 7.25. The molecule has 20 heavy (non-hydrogen) atoms. The lowest BCUT2D eigenvalue weighted by molar-refractivity contribution is 0.271. The summed E-state index contributed by atoms with van der Waals surface area (Å²) in [6, 6.07) is 5.05. The maximum atomic E-state index is 13.6. The molecule has 2 nitrogen and oxygen atoms in total. The van der Waals surface area contributed by atoms with Gasteiger partial charge in [-0.2, -0.15) is 0 Å². The third-order valence-electron chi connectivity index (χ3n) is 3.83. The number of nitrogens with zero attached hydrogens (tertiary/aromatic N) is 1. The van der Waals surface area contributed by atoms with Crippen LogP contribution in [-0.4, -0.2) is 30.2 Å². The smallest absolute Gasteiger partial charge is 0.138 e. The first-order valence-corrected chi connectivity index (χ1v) is 7.25. The molecule has 0 heterocycles. The Bertz CT molecular complexity index is 497. The van der Waals surface area contributed by atoms with E-state index in [-0.39, 0.29) is 12.4 Å². The van der Waals surface area contributed by atoms with E-state index in [1.54, 1.807) is 6.07 Å². The molecule has 3 heteroatoms. The number of rotatable bonds is 4. The SMILES string of the molecule is CN(Cc1ccc(F)c(C#CCO)c1)CC1CCCC1. The van der Waals surface area contributed by atoms with Crippen LogP contribution in [0.15, 0.2) is 18.2 Å². The van der Waals surface area contributed by atoms with Crippen LogP contribution in [0.4, 0.5) is 4.39 Å². The molecule has 0 aliphatic heterocycles. The van der Waals surface area contributed by atoms with Gasteiger partial charge in [0.25, 0.3) is 0 Å². The normalized spacial score (nSPS) is 15.4. The van der Waals surface area contributed by atoms with E-state index in [1.807, 2.05) is 6.07 Å². The van der Waals surface area contributed by atoms with Gasteiger partial charge in [-0.05, 0) is 43.5 Å². The molecule has 0 atom stereocenters. The summed E-state index contributed by atoms with van der Waals surface area (Å²) in [6.07, 6.45) is 5.38. The van der Waals surface area contributed by atoms with E-state index in [1.165, 1.54) is 31.7 Å². The van der Waals surface area contributed by atoms with Gasteiger partial charge in [-0.1, -0.05) is 30.7 Å². The molecule has 0 bridgehead atoms. The van der Waals surface area contributed by atoms with Gasteiger partial charge >= 0.3 is 0 Å². The Labute approximate surface area is 120 Å². The van der Waals surface area contributed by atoms with Gasteiger partial charge in [-0.25, -0.2) is 4.39 Å². The second-order valence-corrected chi connectivity index (χ2v) is 5.62. The first-order chi connectivity index (χ1) is 9.69. The molecule has 1 aromatic rings. The molecule has 0 radical (unpaired) electrons. The van der Waals surface area contributed by atoms with E-state index in [4.69, 9.17) is 5.11 Å². The van der Waals surface area contributed by atoms with Crippen LogP contribution in [0, 0.1) is 23.6 Å². The Morgan fingerprint density at radius 1 is 1.35 bits per heavy atom. The second-order valence-electron chi connectivity index (χ2n) is 5.62. The van der Waals surface area contributed by atoms with Gasteiger partial charge in [-0.3, -0.25) is 0 Å². The summed E-state index contributed by atoms with van der Waals surface area (Å²) in [4.78, 5) is 2.30. The third kappa shape index (κ3) is 4.33. The van der Waals surface area contributed by atoms with Crippen molar-refractivity contribution in [2.75, 3.05) is 20.2 Å². The molecule has 0 saturated heterocycles. The van der Waals surface area contributed by atoms with Crippen LogP contribution in [-0.2, 0) is 6.54 Å². The highest BCUT2D eigenvalue weighted by Gasteiger charge is 2.16. The zero-order chi connectivity index (χ0) is 14.4. The molecule has 1 N–H and O–H groups in total. The van der Waals surface area contributed by atoms with Crippen molar-refractivity contribution >= 4 is 0 Å². The van der Waals surface area contributed by atoms with E-state index >= 15 is 0 Å². The van der Waals surface area contributed by atoms with Crippen molar-refractivity contribution in [1.29, 1.82) is 0 Å². The molecule has 1 aliphatic rings. The molecule has 1 aromatic carbocycles. The highest BCUT2D eigenvalue weighted by molar-refractivity contribution is 5.38.